The van der Waals surface area contributed by atoms with E-state index in [2.05, 4.69) is 20.9 Å². The van der Waals surface area contributed by atoms with Gasteiger partial charge in [-0.1, -0.05) is 0 Å². The van der Waals surface area contributed by atoms with Gasteiger partial charge in [0.05, 0.1) is 12.5 Å². The van der Waals surface area contributed by atoms with Gasteiger partial charge in [-0.2, -0.15) is 5.26 Å². The smallest absolute Gasteiger partial charge is 0.240 e. The van der Waals surface area contributed by atoms with E-state index in [-0.39, 0.29) is 12.1 Å². The van der Waals surface area contributed by atoms with Gasteiger partial charge >= 0.3 is 0 Å². The van der Waals surface area contributed by atoms with E-state index in [1.807, 2.05) is 6.07 Å². The highest BCUT2D eigenvalue weighted by Crippen LogP contribution is 2.24. The minimum atomic E-state index is -2.58. The van der Waals surface area contributed by atoms with Crippen molar-refractivity contribution >= 4 is 15.9 Å². The molecule has 14 heavy (non-hydrogen) atoms. The molecule has 0 radical (unpaired) electrons. The van der Waals surface area contributed by atoms with Crippen molar-refractivity contribution in [1.29, 1.82) is 5.26 Å². The number of nitrogens with zero attached hydrogens (tertiary/aromatic N) is 2. The van der Waals surface area contributed by atoms with Crippen molar-refractivity contribution in [3.8, 4) is 6.07 Å². The van der Waals surface area contributed by atoms with Crippen molar-refractivity contribution in [3.63, 3.8) is 0 Å². The van der Waals surface area contributed by atoms with Gasteiger partial charge in [0.15, 0.2) is 0 Å². The van der Waals surface area contributed by atoms with Crippen LogP contribution in [0.25, 0.3) is 0 Å². The number of aryl methyl sites for hydroxylation is 1. The quantitative estimate of drug-likeness (QED) is 0.766. The van der Waals surface area contributed by atoms with E-state index < -0.39 is 6.43 Å². The summed E-state index contributed by atoms with van der Waals surface area (Å²) in [6.07, 6.45) is -2.41. The molecule has 0 atom stereocenters. The van der Waals surface area contributed by atoms with Crippen LogP contribution in [0.5, 0.6) is 0 Å². The third kappa shape index (κ3) is 2.26. The molecule has 0 bridgehead atoms. The van der Waals surface area contributed by atoms with Gasteiger partial charge in [0.2, 0.25) is 0 Å². The lowest BCUT2D eigenvalue weighted by Crippen LogP contribution is -1.98. The number of hydrogen-bond donors (Lipinski definition) is 0. The fraction of sp³-hybridized carbons (Fsp3) is 0.333. The first-order valence-electron chi connectivity index (χ1n) is 3.87. The molecule has 74 valence electrons. The Labute approximate surface area is 88.7 Å². The third-order valence-electron chi connectivity index (χ3n) is 1.80. The number of pyridine rings is 1. The Morgan fingerprint density at radius 3 is 2.71 bits per heavy atom. The Hall–Kier alpha value is -1.02. The molecule has 0 saturated heterocycles. The number of aromatic nitrogens is 1. The molecule has 0 fully saturated rings. The Balaban J connectivity index is 3.19. The van der Waals surface area contributed by atoms with E-state index in [1.165, 1.54) is 6.07 Å². The fourth-order valence-electron chi connectivity index (χ4n) is 1.09. The maximum atomic E-state index is 12.3. The first-order valence-corrected chi connectivity index (χ1v) is 4.66. The molecule has 1 aromatic heterocycles. The normalized spacial score (nSPS) is 10.3. The van der Waals surface area contributed by atoms with Crippen molar-refractivity contribution < 1.29 is 8.78 Å². The predicted octanol–water partition coefficient (Wildman–Crippen LogP) is 3.16. The number of alkyl halides is 2. The zero-order chi connectivity index (χ0) is 10.7. The van der Waals surface area contributed by atoms with Crippen LogP contribution in [0.4, 0.5) is 8.78 Å². The van der Waals surface area contributed by atoms with Crippen LogP contribution < -0.4 is 0 Å². The lowest BCUT2D eigenvalue weighted by Gasteiger charge is -2.07. The van der Waals surface area contributed by atoms with Gasteiger partial charge in [-0.25, -0.2) is 13.8 Å². The summed E-state index contributed by atoms with van der Waals surface area (Å²) >= 11 is 3.07. The molecule has 0 saturated carbocycles. The Morgan fingerprint density at radius 1 is 1.64 bits per heavy atom. The van der Waals surface area contributed by atoms with Crippen LogP contribution in [0.2, 0.25) is 0 Å². The minimum absolute atomic E-state index is 0.170. The Morgan fingerprint density at radius 2 is 2.29 bits per heavy atom. The van der Waals surface area contributed by atoms with Gasteiger partial charge in [0.1, 0.15) is 10.3 Å². The van der Waals surface area contributed by atoms with Crippen LogP contribution in [0.3, 0.4) is 0 Å². The number of rotatable bonds is 2. The van der Waals surface area contributed by atoms with Crippen LogP contribution in [0.15, 0.2) is 10.7 Å². The summed E-state index contributed by atoms with van der Waals surface area (Å²) in [5, 5.41) is 8.50. The van der Waals surface area contributed by atoms with Gasteiger partial charge < -0.3 is 0 Å². The summed E-state index contributed by atoms with van der Waals surface area (Å²) < 4.78 is 24.9. The average molecular weight is 261 g/mol. The van der Waals surface area contributed by atoms with Crippen molar-refractivity contribution in [2.45, 2.75) is 19.8 Å². The zero-order valence-corrected chi connectivity index (χ0v) is 8.98. The molecular formula is C9H7BrF2N2. The van der Waals surface area contributed by atoms with Crippen LogP contribution in [-0.4, -0.2) is 4.98 Å². The van der Waals surface area contributed by atoms with Gasteiger partial charge in [-0.15, -0.1) is 0 Å². The predicted molar refractivity (Wildman–Crippen MR) is 50.9 cm³/mol. The lowest BCUT2D eigenvalue weighted by atomic mass is 10.1. The fourth-order valence-corrected chi connectivity index (χ4v) is 1.75. The molecule has 1 rings (SSSR count). The first kappa shape index (κ1) is 11.1. The molecule has 0 aliphatic rings. The van der Waals surface area contributed by atoms with E-state index in [1.54, 1.807) is 6.92 Å². The standard InChI is InChI=1S/C9H7BrF2N2/c1-5-4-7(9(11)12)14-8(10)6(5)2-3-13/h4,9H,2H2,1H3. The van der Waals surface area contributed by atoms with Gasteiger partial charge in [-0.05, 0) is 34.5 Å². The molecule has 1 heterocycles. The van der Waals surface area contributed by atoms with Crippen molar-refractivity contribution in [2.24, 2.45) is 0 Å². The highest BCUT2D eigenvalue weighted by atomic mass is 79.9. The summed E-state index contributed by atoms with van der Waals surface area (Å²) in [5.41, 5.74) is 1.05. The lowest BCUT2D eigenvalue weighted by molar-refractivity contribution is 0.145. The van der Waals surface area contributed by atoms with Gasteiger partial charge in [0.25, 0.3) is 6.43 Å². The molecule has 0 aliphatic heterocycles. The maximum absolute atomic E-state index is 12.3. The second kappa shape index (κ2) is 4.47. The largest absolute Gasteiger partial charge is 0.280 e. The summed E-state index contributed by atoms with van der Waals surface area (Å²) in [6, 6.07) is 3.26. The zero-order valence-electron chi connectivity index (χ0n) is 7.39. The van der Waals surface area contributed by atoms with Crippen LogP contribution in [-0.2, 0) is 6.42 Å². The molecule has 1 aromatic rings. The van der Waals surface area contributed by atoms with E-state index in [0.29, 0.717) is 15.7 Å². The molecular weight excluding hydrogens is 254 g/mol. The summed E-state index contributed by atoms with van der Waals surface area (Å²) in [5.74, 6) is 0. The highest BCUT2D eigenvalue weighted by molar-refractivity contribution is 9.10. The molecule has 0 aliphatic carbocycles. The van der Waals surface area contributed by atoms with Gasteiger partial charge in [0, 0.05) is 5.56 Å². The number of nitriles is 1. The van der Waals surface area contributed by atoms with Crippen LogP contribution in [0, 0.1) is 18.3 Å². The monoisotopic (exact) mass is 260 g/mol. The van der Waals surface area contributed by atoms with E-state index in [0.717, 1.165) is 0 Å². The highest BCUT2D eigenvalue weighted by Gasteiger charge is 2.13. The summed E-state index contributed by atoms with van der Waals surface area (Å²) in [6.45, 7) is 1.69. The molecule has 0 spiro atoms. The topological polar surface area (TPSA) is 36.7 Å². The molecule has 0 aromatic carbocycles. The minimum Gasteiger partial charge on any atom is -0.240 e. The molecule has 0 amide bonds. The Kier molecular flexibility index (Phi) is 3.53. The molecule has 0 N–H and O–H groups in total. The van der Waals surface area contributed by atoms with E-state index >= 15 is 0 Å². The molecule has 2 nitrogen and oxygen atoms in total. The maximum Gasteiger partial charge on any atom is 0.280 e. The molecule has 0 unspecified atom stereocenters. The van der Waals surface area contributed by atoms with Crippen LogP contribution >= 0.6 is 15.9 Å². The van der Waals surface area contributed by atoms with Crippen molar-refractivity contribution in [2.75, 3.05) is 0 Å². The summed E-state index contributed by atoms with van der Waals surface area (Å²) in [4.78, 5) is 3.67. The molecule has 5 heteroatoms. The summed E-state index contributed by atoms with van der Waals surface area (Å²) in [7, 11) is 0. The Bertz CT molecular complexity index is 362. The second-order valence-corrected chi connectivity index (χ2v) is 3.52. The first-order chi connectivity index (χ1) is 6.56. The van der Waals surface area contributed by atoms with E-state index in [9.17, 15) is 8.78 Å². The third-order valence-corrected chi connectivity index (χ3v) is 2.45. The number of hydrogen-bond acceptors (Lipinski definition) is 2. The van der Waals surface area contributed by atoms with Crippen molar-refractivity contribution in [3.05, 3.63) is 27.5 Å². The van der Waals surface area contributed by atoms with Crippen LogP contribution in [0.1, 0.15) is 23.2 Å². The van der Waals surface area contributed by atoms with Crippen molar-refractivity contribution in [1.82, 2.24) is 4.98 Å². The van der Waals surface area contributed by atoms with E-state index in [4.69, 9.17) is 5.26 Å². The number of halogens is 3. The SMILES string of the molecule is Cc1cc(C(F)F)nc(Br)c1CC#N. The second-order valence-electron chi connectivity index (χ2n) is 2.77. The average Bonchev–Trinajstić information content (AvgIpc) is 2.10. The van der Waals surface area contributed by atoms with Gasteiger partial charge in [-0.3, -0.25) is 0 Å².